The predicted octanol–water partition coefficient (Wildman–Crippen LogP) is 4.56. The van der Waals surface area contributed by atoms with Crippen LogP contribution in [0.2, 0.25) is 0 Å². The third-order valence-corrected chi connectivity index (χ3v) is 6.77. The molecule has 0 aliphatic heterocycles. The van der Waals surface area contributed by atoms with Gasteiger partial charge in [0.15, 0.2) is 0 Å². The van der Waals surface area contributed by atoms with E-state index in [1.165, 1.54) is 19.5 Å². The lowest BCUT2D eigenvalue weighted by Gasteiger charge is -2.13. The van der Waals surface area contributed by atoms with E-state index < -0.39 is 22.5 Å². The minimum absolute atomic E-state index is 0.0484. The summed E-state index contributed by atoms with van der Waals surface area (Å²) in [5.74, 6) is 0.193. The second-order valence-electron chi connectivity index (χ2n) is 5.81. The number of nitrogens with zero attached hydrogens (tertiary/aromatic N) is 2. The summed E-state index contributed by atoms with van der Waals surface area (Å²) in [6.07, 6.45) is -1.59. The van der Waals surface area contributed by atoms with Gasteiger partial charge in [0.1, 0.15) is 9.04 Å². The summed E-state index contributed by atoms with van der Waals surface area (Å²) in [7, 11) is -0.0209. The molecule has 0 saturated carbocycles. The topological polar surface area (TPSA) is 64.1 Å². The van der Waals surface area contributed by atoms with Crippen molar-refractivity contribution in [3.63, 3.8) is 0 Å². The fourth-order valence-corrected chi connectivity index (χ4v) is 5.39. The predicted molar refractivity (Wildman–Crippen MR) is 105 cm³/mol. The van der Waals surface area contributed by atoms with Gasteiger partial charge in [0.25, 0.3) is 0 Å². The average Bonchev–Trinajstić information content (AvgIpc) is 3.04. The Labute approximate surface area is 166 Å². The standard InChI is InChI=1S/C18H18F3N3O2S2/c1-3-23-15-14-12(18(19,20)21)9-13(11-5-4-6-22-10-11)24-16(14)27-17(15)28(25)8-7-26-2/h4-6,9-10,23H,3,7-8H2,1-2H3. The zero-order valence-corrected chi connectivity index (χ0v) is 16.8. The molecule has 10 heteroatoms. The molecule has 0 radical (unpaired) electrons. The first kappa shape index (κ1) is 20.7. The number of ether oxygens (including phenoxy) is 1. The van der Waals surface area contributed by atoms with Crippen molar-refractivity contribution in [1.82, 2.24) is 9.97 Å². The number of aromatic nitrogens is 2. The maximum atomic E-state index is 13.9. The van der Waals surface area contributed by atoms with E-state index in [9.17, 15) is 17.4 Å². The number of rotatable bonds is 7. The van der Waals surface area contributed by atoms with E-state index in [4.69, 9.17) is 4.74 Å². The minimum Gasteiger partial charge on any atom is -0.384 e. The van der Waals surface area contributed by atoms with E-state index in [0.717, 1.165) is 17.4 Å². The van der Waals surface area contributed by atoms with Crippen LogP contribution in [0.3, 0.4) is 0 Å². The van der Waals surface area contributed by atoms with Crippen molar-refractivity contribution in [3.05, 3.63) is 36.2 Å². The number of hydrogen-bond donors (Lipinski definition) is 1. The molecule has 3 heterocycles. The molecule has 0 aromatic carbocycles. The number of hydrogen-bond acceptors (Lipinski definition) is 6. The van der Waals surface area contributed by atoms with Gasteiger partial charge in [0.2, 0.25) is 0 Å². The Balaban J connectivity index is 2.28. The molecule has 0 aliphatic carbocycles. The van der Waals surface area contributed by atoms with Crippen molar-refractivity contribution in [1.29, 1.82) is 0 Å². The lowest BCUT2D eigenvalue weighted by atomic mass is 10.1. The van der Waals surface area contributed by atoms with Gasteiger partial charge in [-0.1, -0.05) is 0 Å². The first-order valence-electron chi connectivity index (χ1n) is 8.43. The van der Waals surface area contributed by atoms with Gasteiger partial charge in [0.05, 0.1) is 40.1 Å². The van der Waals surface area contributed by atoms with Crippen molar-refractivity contribution in [2.75, 3.05) is 31.3 Å². The summed E-state index contributed by atoms with van der Waals surface area (Å²) >= 11 is 1.01. The fourth-order valence-electron chi connectivity index (χ4n) is 2.71. The summed E-state index contributed by atoms with van der Waals surface area (Å²) in [4.78, 5) is 8.56. The van der Waals surface area contributed by atoms with Crippen LogP contribution in [-0.4, -0.2) is 40.2 Å². The van der Waals surface area contributed by atoms with Crippen LogP contribution >= 0.6 is 11.3 Å². The molecule has 0 aliphatic rings. The van der Waals surface area contributed by atoms with Gasteiger partial charge >= 0.3 is 6.18 Å². The number of methoxy groups -OCH3 is 1. The lowest BCUT2D eigenvalue weighted by Crippen LogP contribution is -2.09. The summed E-state index contributed by atoms with van der Waals surface area (Å²) < 4.78 is 59.6. The van der Waals surface area contributed by atoms with Crippen LogP contribution in [0.25, 0.3) is 21.5 Å². The van der Waals surface area contributed by atoms with Gasteiger partial charge < -0.3 is 10.1 Å². The third kappa shape index (κ3) is 4.18. The average molecular weight is 429 g/mol. The maximum Gasteiger partial charge on any atom is 0.417 e. The number of halogens is 3. The molecule has 3 rings (SSSR count). The van der Waals surface area contributed by atoms with Crippen molar-refractivity contribution in [3.8, 4) is 11.3 Å². The molecule has 0 amide bonds. The monoisotopic (exact) mass is 429 g/mol. The van der Waals surface area contributed by atoms with Gasteiger partial charge in [-0.25, -0.2) is 4.98 Å². The molecule has 1 N–H and O–H groups in total. The van der Waals surface area contributed by atoms with E-state index in [2.05, 4.69) is 15.3 Å². The highest BCUT2D eigenvalue weighted by atomic mass is 32.2. The van der Waals surface area contributed by atoms with Gasteiger partial charge in [-0.05, 0) is 25.1 Å². The normalized spacial score (nSPS) is 13.0. The molecule has 3 aromatic rings. The molecular formula is C18H18F3N3O2S2. The molecule has 0 fully saturated rings. The number of pyridine rings is 2. The highest BCUT2D eigenvalue weighted by Crippen LogP contribution is 2.45. The Morgan fingerprint density at radius 2 is 2.14 bits per heavy atom. The van der Waals surface area contributed by atoms with Gasteiger partial charge in [-0.2, -0.15) is 13.2 Å². The third-order valence-electron chi connectivity index (χ3n) is 3.93. The van der Waals surface area contributed by atoms with Crippen LogP contribution in [0.4, 0.5) is 18.9 Å². The minimum atomic E-state index is -4.59. The molecule has 1 unspecified atom stereocenters. The van der Waals surface area contributed by atoms with E-state index >= 15 is 0 Å². The molecule has 150 valence electrons. The summed E-state index contributed by atoms with van der Waals surface area (Å²) in [5.41, 5.74) is 0.0786. The van der Waals surface area contributed by atoms with E-state index in [-0.39, 0.29) is 34.0 Å². The SMILES string of the molecule is CCNc1c(S(=O)CCOC)sc2nc(-c3cccnc3)cc(C(F)(F)F)c12. The van der Waals surface area contributed by atoms with E-state index in [1.54, 1.807) is 19.1 Å². The highest BCUT2D eigenvalue weighted by Gasteiger charge is 2.36. The van der Waals surface area contributed by atoms with Crippen LogP contribution in [-0.2, 0) is 21.7 Å². The zero-order valence-electron chi connectivity index (χ0n) is 15.2. The van der Waals surface area contributed by atoms with Crippen molar-refractivity contribution < 1.29 is 22.1 Å². The molecule has 3 aromatic heterocycles. The Kier molecular flexibility index (Phi) is 6.31. The summed E-state index contributed by atoms with van der Waals surface area (Å²) in [5, 5.41) is 2.90. The first-order valence-corrected chi connectivity index (χ1v) is 10.6. The molecule has 28 heavy (non-hydrogen) atoms. The van der Waals surface area contributed by atoms with E-state index in [1.807, 2.05) is 0 Å². The van der Waals surface area contributed by atoms with Crippen LogP contribution in [0.1, 0.15) is 12.5 Å². The van der Waals surface area contributed by atoms with Gasteiger partial charge in [-0.3, -0.25) is 9.19 Å². The van der Waals surface area contributed by atoms with Crippen LogP contribution in [0.5, 0.6) is 0 Å². The second kappa shape index (κ2) is 8.54. The molecular weight excluding hydrogens is 411 g/mol. The number of thiophene rings is 1. The van der Waals surface area contributed by atoms with Crippen molar-refractivity contribution in [2.24, 2.45) is 0 Å². The summed E-state index contributed by atoms with van der Waals surface area (Å²) in [6, 6.07) is 4.31. The first-order chi connectivity index (χ1) is 13.4. The molecule has 0 saturated heterocycles. The number of fused-ring (bicyclic) bond motifs is 1. The van der Waals surface area contributed by atoms with Crippen molar-refractivity contribution in [2.45, 2.75) is 17.3 Å². The molecule has 1 atom stereocenters. The quantitative estimate of drug-likeness (QED) is 0.596. The molecule has 0 spiro atoms. The lowest BCUT2D eigenvalue weighted by molar-refractivity contribution is -0.136. The van der Waals surface area contributed by atoms with Crippen molar-refractivity contribution >= 4 is 38.0 Å². The fraction of sp³-hybridized carbons (Fsp3) is 0.333. The zero-order chi connectivity index (χ0) is 20.3. The molecule has 0 bridgehead atoms. The number of alkyl halides is 3. The smallest absolute Gasteiger partial charge is 0.384 e. The van der Waals surface area contributed by atoms with Gasteiger partial charge in [0, 0.05) is 37.0 Å². The largest absolute Gasteiger partial charge is 0.417 e. The highest BCUT2D eigenvalue weighted by molar-refractivity contribution is 7.87. The number of nitrogens with one attached hydrogen (secondary N) is 1. The number of anilines is 1. The Hall–Kier alpha value is -2.04. The van der Waals surface area contributed by atoms with Crippen LogP contribution in [0, 0.1) is 0 Å². The Bertz CT molecular complexity index is 991. The Morgan fingerprint density at radius 1 is 1.36 bits per heavy atom. The molecule has 5 nitrogen and oxygen atoms in total. The maximum absolute atomic E-state index is 13.9. The Morgan fingerprint density at radius 3 is 2.75 bits per heavy atom. The second-order valence-corrected chi connectivity index (χ2v) is 8.58. The summed E-state index contributed by atoms with van der Waals surface area (Å²) in [6.45, 7) is 2.41. The van der Waals surface area contributed by atoms with Gasteiger partial charge in [-0.15, -0.1) is 11.3 Å². The van der Waals surface area contributed by atoms with Crippen LogP contribution < -0.4 is 5.32 Å². The van der Waals surface area contributed by atoms with E-state index in [0.29, 0.717) is 16.3 Å². The van der Waals surface area contributed by atoms with Crippen LogP contribution in [0.15, 0.2) is 34.8 Å².